The molecule has 3 rings (SSSR count). The molecule has 0 radical (unpaired) electrons. The summed E-state index contributed by atoms with van der Waals surface area (Å²) in [7, 11) is 0. The fourth-order valence-corrected chi connectivity index (χ4v) is 2.23. The first kappa shape index (κ1) is 13.9. The van der Waals surface area contributed by atoms with Gasteiger partial charge in [0.2, 0.25) is 0 Å². The van der Waals surface area contributed by atoms with Gasteiger partial charge in [-0.2, -0.15) is 0 Å². The highest BCUT2D eigenvalue weighted by molar-refractivity contribution is 6.30. The summed E-state index contributed by atoms with van der Waals surface area (Å²) in [4.78, 5) is 14.5. The Balaban J connectivity index is 1.76. The number of fused-ring (bicyclic) bond motifs is 1. The van der Waals surface area contributed by atoms with Gasteiger partial charge in [-0.05, 0) is 18.2 Å². The Morgan fingerprint density at radius 2 is 2.29 bits per heavy atom. The molecule has 0 saturated carbocycles. The summed E-state index contributed by atoms with van der Waals surface area (Å²) < 4.78 is 29.1. The third-order valence-corrected chi connectivity index (χ3v) is 3.20. The molecule has 0 saturated heterocycles. The van der Waals surface area contributed by atoms with E-state index in [0.717, 1.165) is 0 Å². The minimum Gasteiger partial charge on any atom is -0.467 e. The minimum atomic E-state index is -0.577. The topological polar surface area (TPSA) is 60.6 Å². The number of H-pyrrole nitrogens is 1. The number of rotatable bonds is 3. The van der Waals surface area contributed by atoms with E-state index in [1.54, 1.807) is 0 Å². The van der Waals surface area contributed by atoms with E-state index in [1.165, 1.54) is 24.4 Å². The molecule has 110 valence electrons. The molecule has 1 aromatic carbocycles. The Labute approximate surface area is 124 Å². The largest absolute Gasteiger partial charge is 0.467 e. The number of carbonyl (C=O) groups excluding carboxylic acids is 1. The molecule has 1 aromatic heterocycles. The Morgan fingerprint density at radius 1 is 1.43 bits per heavy atom. The first-order valence-corrected chi connectivity index (χ1v) is 6.54. The van der Waals surface area contributed by atoms with Gasteiger partial charge in [0, 0.05) is 17.3 Å². The van der Waals surface area contributed by atoms with Crippen LogP contribution in [-0.2, 0) is 22.7 Å². The van der Waals surface area contributed by atoms with Gasteiger partial charge >= 0.3 is 5.97 Å². The van der Waals surface area contributed by atoms with Crippen molar-refractivity contribution in [3.8, 4) is 5.75 Å². The molecular formula is C14H11ClFNO4. The van der Waals surface area contributed by atoms with Crippen molar-refractivity contribution in [2.24, 2.45) is 0 Å². The van der Waals surface area contributed by atoms with Gasteiger partial charge in [0.25, 0.3) is 0 Å². The van der Waals surface area contributed by atoms with E-state index >= 15 is 0 Å². The second-order valence-corrected chi connectivity index (χ2v) is 4.91. The second-order valence-electron chi connectivity index (χ2n) is 4.47. The molecule has 0 atom stereocenters. The van der Waals surface area contributed by atoms with Gasteiger partial charge in [0.05, 0.1) is 11.6 Å². The highest BCUT2D eigenvalue weighted by Crippen LogP contribution is 2.30. The summed E-state index contributed by atoms with van der Waals surface area (Å²) in [6, 6.07) is 4.07. The number of halogens is 2. The molecule has 5 nitrogen and oxygen atoms in total. The second kappa shape index (κ2) is 5.75. The highest BCUT2D eigenvalue weighted by Gasteiger charge is 2.18. The van der Waals surface area contributed by atoms with Gasteiger partial charge in [0.1, 0.15) is 23.9 Å². The van der Waals surface area contributed by atoms with Crippen LogP contribution in [0.15, 0.2) is 24.4 Å². The standard InChI is InChI=1S/C14H11ClFNO4/c15-10-3-12(17-4-10)14(18)20-6-9-2-11(16)1-8-5-19-7-21-13(8)9/h1-4,17H,5-7H2. The van der Waals surface area contributed by atoms with Crippen LogP contribution in [0.1, 0.15) is 21.6 Å². The predicted molar refractivity (Wildman–Crippen MR) is 71.6 cm³/mol. The maximum absolute atomic E-state index is 13.5. The average Bonchev–Trinajstić information content (AvgIpc) is 2.91. The van der Waals surface area contributed by atoms with Crippen LogP contribution in [0, 0.1) is 5.82 Å². The molecule has 1 aliphatic heterocycles. The Bertz CT molecular complexity index is 686. The molecule has 2 heterocycles. The lowest BCUT2D eigenvalue weighted by Crippen LogP contribution is -2.15. The van der Waals surface area contributed by atoms with Crippen LogP contribution in [-0.4, -0.2) is 17.7 Å². The third-order valence-electron chi connectivity index (χ3n) is 2.98. The van der Waals surface area contributed by atoms with E-state index in [2.05, 4.69) is 4.98 Å². The number of nitrogens with one attached hydrogen (secondary N) is 1. The fraction of sp³-hybridized carbons (Fsp3) is 0.214. The lowest BCUT2D eigenvalue weighted by atomic mass is 10.1. The summed E-state index contributed by atoms with van der Waals surface area (Å²) in [5.74, 6) is -0.510. The van der Waals surface area contributed by atoms with Crippen LogP contribution in [0.3, 0.4) is 0 Å². The number of benzene rings is 1. The Kier molecular flexibility index (Phi) is 3.81. The van der Waals surface area contributed by atoms with Crippen molar-refractivity contribution in [3.63, 3.8) is 0 Å². The molecule has 0 bridgehead atoms. The van der Waals surface area contributed by atoms with E-state index in [-0.39, 0.29) is 25.7 Å². The lowest BCUT2D eigenvalue weighted by molar-refractivity contribution is -0.0183. The number of hydrogen-bond acceptors (Lipinski definition) is 4. The molecule has 7 heteroatoms. The average molecular weight is 312 g/mol. The summed E-state index contributed by atoms with van der Waals surface area (Å²) in [5.41, 5.74) is 1.28. The van der Waals surface area contributed by atoms with Crippen LogP contribution < -0.4 is 4.74 Å². The van der Waals surface area contributed by atoms with E-state index in [4.69, 9.17) is 25.8 Å². The molecule has 0 fully saturated rings. The number of ether oxygens (including phenoxy) is 3. The maximum Gasteiger partial charge on any atom is 0.355 e. The molecular weight excluding hydrogens is 301 g/mol. The quantitative estimate of drug-likeness (QED) is 0.885. The monoisotopic (exact) mass is 311 g/mol. The van der Waals surface area contributed by atoms with Crippen molar-refractivity contribution < 1.29 is 23.4 Å². The number of aromatic amines is 1. The molecule has 0 spiro atoms. The van der Waals surface area contributed by atoms with Crippen molar-refractivity contribution in [1.82, 2.24) is 4.98 Å². The van der Waals surface area contributed by atoms with E-state index in [1.807, 2.05) is 0 Å². The van der Waals surface area contributed by atoms with Crippen LogP contribution in [0.25, 0.3) is 0 Å². The van der Waals surface area contributed by atoms with Crippen LogP contribution in [0.2, 0.25) is 5.02 Å². The summed E-state index contributed by atoms with van der Waals surface area (Å²) in [5, 5.41) is 0.408. The van der Waals surface area contributed by atoms with Crippen molar-refractivity contribution in [1.29, 1.82) is 0 Å². The van der Waals surface area contributed by atoms with Crippen molar-refractivity contribution in [2.45, 2.75) is 13.2 Å². The van der Waals surface area contributed by atoms with Crippen molar-refractivity contribution in [2.75, 3.05) is 6.79 Å². The number of aromatic nitrogens is 1. The highest BCUT2D eigenvalue weighted by atomic mass is 35.5. The lowest BCUT2D eigenvalue weighted by Gasteiger charge is -2.20. The van der Waals surface area contributed by atoms with E-state index < -0.39 is 11.8 Å². The summed E-state index contributed by atoms with van der Waals surface area (Å²) >= 11 is 5.71. The number of carbonyl (C=O) groups is 1. The zero-order chi connectivity index (χ0) is 14.8. The van der Waals surface area contributed by atoms with E-state index in [0.29, 0.717) is 21.9 Å². The molecule has 0 aliphatic carbocycles. The first-order chi connectivity index (χ1) is 10.1. The SMILES string of the molecule is O=C(OCc1cc(F)cc2c1OCOC2)c1cc(Cl)c[nH]1. The Hall–Kier alpha value is -2.05. The predicted octanol–water partition coefficient (Wildman–Crippen LogP) is 3.03. The van der Waals surface area contributed by atoms with Crippen molar-refractivity contribution >= 4 is 17.6 Å². The molecule has 1 N–H and O–H groups in total. The molecule has 0 unspecified atom stereocenters. The zero-order valence-electron chi connectivity index (χ0n) is 10.8. The van der Waals surface area contributed by atoms with Gasteiger partial charge in [0.15, 0.2) is 6.79 Å². The molecule has 0 amide bonds. The van der Waals surface area contributed by atoms with Crippen LogP contribution >= 0.6 is 11.6 Å². The Morgan fingerprint density at radius 3 is 3.05 bits per heavy atom. The van der Waals surface area contributed by atoms with Crippen LogP contribution in [0.4, 0.5) is 4.39 Å². The number of esters is 1. The van der Waals surface area contributed by atoms with E-state index in [9.17, 15) is 9.18 Å². The fourth-order valence-electron chi connectivity index (χ4n) is 2.07. The number of hydrogen-bond donors (Lipinski definition) is 1. The summed E-state index contributed by atoms with van der Waals surface area (Å²) in [6.45, 7) is 0.252. The summed E-state index contributed by atoms with van der Waals surface area (Å²) in [6.07, 6.45) is 1.47. The van der Waals surface area contributed by atoms with Gasteiger partial charge in [-0.25, -0.2) is 9.18 Å². The van der Waals surface area contributed by atoms with Crippen LogP contribution in [0.5, 0.6) is 5.75 Å². The van der Waals surface area contributed by atoms with Gasteiger partial charge in [-0.1, -0.05) is 11.6 Å². The minimum absolute atomic E-state index is 0.0891. The maximum atomic E-state index is 13.5. The van der Waals surface area contributed by atoms with Crippen molar-refractivity contribution in [3.05, 3.63) is 52.1 Å². The molecule has 21 heavy (non-hydrogen) atoms. The van der Waals surface area contributed by atoms with Gasteiger partial charge in [-0.15, -0.1) is 0 Å². The molecule has 1 aliphatic rings. The zero-order valence-corrected chi connectivity index (χ0v) is 11.6. The van der Waals surface area contributed by atoms with Gasteiger partial charge in [-0.3, -0.25) is 0 Å². The van der Waals surface area contributed by atoms with Gasteiger partial charge < -0.3 is 19.2 Å². The molecule has 2 aromatic rings. The normalized spacial score (nSPS) is 13.4. The third kappa shape index (κ3) is 3.01. The smallest absolute Gasteiger partial charge is 0.355 e. The first-order valence-electron chi connectivity index (χ1n) is 6.16.